The monoisotopic (exact) mass is 392 g/mol. The van der Waals surface area contributed by atoms with E-state index in [-0.39, 0.29) is 17.6 Å². The number of hydrogen-bond donors (Lipinski definition) is 5. The minimum Gasteiger partial charge on any atom is -0.504 e. The SMILES string of the molecule is CC(=O)N/C(N)=C(C)/C=C(/C)N.CCCOc1cc(CNC(C)=O)ccc1O. The molecule has 0 saturated heterocycles. The van der Waals surface area contributed by atoms with Gasteiger partial charge in [0.15, 0.2) is 11.5 Å². The number of phenolic OH excluding ortho intramolecular Hbond substituents is 1. The smallest absolute Gasteiger partial charge is 0.222 e. The number of carbonyl (C=O) groups excluding carboxylic acids is 2. The van der Waals surface area contributed by atoms with Gasteiger partial charge < -0.3 is 31.9 Å². The first-order valence-corrected chi connectivity index (χ1v) is 8.93. The lowest BCUT2D eigenvalue weighted by Gasteiger charge is -2.09. The maximum Gasteiger partial charge on any atom is 0.222 e. The van der Waals surface area contributed by atoms with Gasteiger partial charge in [-0.1, -0.05) is 13.0 Å². The molecule has 0 fully saturated rings. The Balaban J connectivity index is 0.000000546. The van der Waals surface area contributed by atoms with Crippen molar-refractivity contribution in [1.82, 2.24) is 10.6 Å². The van der Waals surface area contributed by atoms with Crippen LogP contribution in [-0.4, -0.2) is 23.5 Å². The van der Waals surface area contributed by atoms with Crippen molar-refractivity contribution in [2.75, 3.05) is 6.61 Å². The van der Waals surface area contributed by atoms with Crippen LogP contribution >= 0.6 is 0 Å². The van der Waals surface area contributed by atoms with Crippen molar-refractivity contribution in [2.45, 2.75) is 47.6 Å². The van der Waals surface area contributed by atoms with Crippen molar-refractivity contribution in [2.24, 2.45) is 11.5 Å². The van der Waals surface area contributed by atoms with Crippen molar-refractivity contribution in [3.63, 3.8) is 0 Å². The van der Waals surface area contributed by atoms with Crippen LogP contribution in [0.2, 0.25) is 0 Å². The third-order valence-electron chi connectivity index (χ3n) is 3.21. The number of amides is 2. The Hall–Kier alpha value is -3.16. The summed E-state index contributed by atoms with van der Waals surface area (Å²) >= 11 is 0. The Morgan fingerprint density at radius 2 is 1.79 bits per heavy atom. The Morgan fingerprint density at radius 3 is 2.29 bits per heavy atom. The molecule has 0 aliphatic carbocycles. The van der Waals surface area contributed by atoms with E-state index in [1.807, 2.05) is 6.92 Å². The van der Waals surface area contributed by atoms with Crippen LogP contribution in [0.5, 0.6) is 11.5 Å². The molecule has 1 aromatic carbocycles. The summed E-state index contributed by atoms with van der Waals surface area (Å²) in [4.78, 5) is 21.3. The second-order valence-electron chi connectivity index (χ2n) is 6.23. The van der Waals surface area contributed by atoms with Crippen LogP contribution < -0.4 is 26.8 Å². The molecule has 1 rings (SSSR count). The minimum atomic E-state index is -0.185. The molecule has 0 heterocycles. The number of carbonyl (C=O) groups is 2. The van der Waals surface area contributed by atoms with Crippen LogP contribution in [-0.2, 0) is 16.1 Å². The molecule has 7 N–H and O–H groups in total. The lowest BCUT2D eigenvalue weighted by molar-refractivity contribution is -0.119. The summed E-state index contributed by atoms with van der Waals surface area (Å²) in [6, 6.07) is 5.06. The van der Waals surface area contributed by atoms with Crippen molar-refractivity contribution < 1.29 is 19.4 Å². The van der Waals surface area contributed by atoms with Crippen LogP contribution in [0, 0.1) is 0 Å². The van der Waals surface area contributed by atoms with Crippen LogP contribution in [0.25, 0.3) is 0 Å². The van der Waals surface area contributed by atoms with Crippen LogP contribution in [0.1, 0.15) is 46.6 Å². The molecular weight excluding hydrogens is 360 g/mol. The summed E-state index contributed by atoms with van der Waals surface area (Å²) in [7, 11) is 0. The summed E-state index contributed by atoms with van der Waals surface area (Å²) in [5, 5.41) is 14.7. The molecule has 0 radical (unpaired) electrons. The van der Waals surface area contributed by atoms with Gasteiger partial charge in [0, 0.05) is 26.1 Å². The second kappa shape index (κ2) is 13.1. The van der Waals surface area contributed by atoms with E-state index < -0.39 is 0 Å². The van der Waals surface area contributed by atoms with E-state index in [0.29, 0.717) is 30.4 Å². The van der Waals surface area contributed by atoms with E-state index in [2.05, 4.69) is 10.6 Å². The predicted octanol–water partition coefficient (Wildman–Crippen LogP) is 1.99. The fourth-order valence-electron chi connectivity index (χ4n) is 1.93. The van der Waals surface area contributed by atoms with E-state index in [0.717, 1.165) is 17.6 Å². The third-order valence-corrected chi connectivity index (χ3v) is 3.21. The Morgan fingerprint density at radius 1 is 1.14 bits per heavy atom. The van der Waals surface area contributed by atoms with Gasteiger partial charge in [0.2, 0.25) is 11.8 Å². The molecule has 1 aromatic rings. The zero-order valence-corrected chi connectivity index (χ0v) is 17.3. The molecule has 8 nitrogen and oxygen atoms in total. The summed E-state index contributed by atoms with van der Waals surface area (Å²) < 4.78 is 5.37. The molecule has 0 aromatic heterocycles. The largest absolute Gasteiger partial charge is 0.504 e. The fourth-order valence-corrected chi connectivity index (χ4v) is 1.93. The molecule has 0 aliphatic heterocycles. The molecule has 0 aliphatic rings. The fraction of sp³-hybridized carbons (Fsp3) is 0.400. The van der Waals surface area contributed by atoms with Gasteiger partial charge in [-0.25, -0.2) is 0 Å². The summed E-state index contributed by atoms with van der Waals surface area (Å²) in [5.41, 5.74) is 13.2. The first-order valence-electron chi connectivity index (χ1n) is 8.93. The lowest BCUT2D eigenvalue weighted by Crippen LogP contribution is -2.25. The van der Waals surface area contributed by atoms with Gasteiger partial charge in [0.1, 0.15) is 5.82 Å². The number of phenols is 1. The normalized spacial score (nSPS) is 11.5. The van der Waals surface area contributed by atoms with E-state index >= 15 is 0 Å². The number of ether oxygens (including phenoxy) is 1. The third kappa shape index (κ3) is 11.5. The van der Waals surface area contributed by atoms with Crippen molar-refractivity contribution >= 4 is 11.8 Å². The highest BCUT2D eigenvalue weighted by molar-refractivity contribution is 5.75. The Labute approximate surface area is 166 Å². The first-order chi connectivity index (χ1) is 13.1. The van der Waals surface area contributed by atoms with Crippen LogP contribution in [0.3, 0.4) is 0 Å². The zero-order valence-electron chi connectivity index (χ0n) is 17.3. The average molecular weight is 393 g/mol. The highest BCUT2D eigenvalue weighted by Crippen LogP contribution is 2.26. The average Bonchev–Trinajstić information content (AvgIpc) is 2.59. The number of allylic oxidation sites excluding steroid dienone is 3. The van der Waals surface area contributed by atoms with Crippen molar-refractivity contribution in [3.8, 4) is 11.5 Å². The highest BCUT2D eigenvalue weighted by Gasteiger charge is 2.04. The molecule has 156 valence electrons. The quantitative estimate of drug-likeness (QED) is 0.450. The zero-order chi connectivity index (χ0) is 21.7. The minimum absolute atomic E-state index is 0.0795. The van der Waals surface area contributed by atoms with E-state index in [1.165, 1.54) is 13.8 Å². The number of benzene rings is 1. The van der Waals surface area contributed by atoms with Gasteiger partial charge in [-0.2, -0.15) is 0 Å². The summed E-state index contributed by atoms with van der Waals surface area (Å²) in [6.45, 7) is 9.41. The number of nitrogens with one attached hydrogen (secondary N) is 2. The van der Waals surface area contributed by atoms with Crippen LogP contribution in [0.15, 0.2) is 41.4 Å². The number of nitrogens with two attached hydrogens (primary N) is 2. The van der Waals surface area contributed by atoms with Gasteiger partial charge in [0.25, 0.3) is 0 Å². The maximum absolute atomic E-state index is 10.7. The summed E-state index contributed by atoms with van der Waals surface area (Å²) in [5.74, 6) is 0.663. The lowest BCUT2D eigenvalue weighted by atomic mass is 10.2. The van der Waals surface area contributed by atoms with Crippen molar-refractivity contribution in [3.05, 3.63) is 46.9 Å². The standard InChI is InChI=1S/C12H17NO3.C8H15N3O/c1-3-6-16-12-7-10(4-5-11(12)15)8-13-9(2)14;1-5(4-6(2)9)8(10)11-7(3)12/h4-5,7,15H,3,6,8H2,1-2H3,(H,13,14);4H,9-10H2,1-3H3,(H,11,12)/b;6-4-,8-5+. The first kappa shape index (κ1) is 24.8. The van der Waals surface area contributed by atoms with Gasteiger partial charge >= 0.3 is 0 Å². The Bertz CT molecular complexity index is 723. The summed E-state index contributed by atoms with van der Waals surface area (Å²) in [6.07, 6.45) is 2.58. The molecule has 0 unspecified atom stereocenters. The molecule has 8 heteroatoms. The second-order valence-corrected chi connectivity index (χ2v) is 6.23. The molecule has 0 spiro atoms. The number of hydrogen-bond acceptors (Lipinski definition) is 6. The predicted molar refractivity (Wildman–Crippen MR) is 110 cm³/mol. The molecular formula is C20H32N4O4. The topological polar surface area (TPSA) is 140 Å². The van der Waals surface area contributed by atoms with E-state index in [9.17, 15) is 14.7 Å². The number of aromatic hydroxyl groups is 1. The Kier molecular flexibility index (Phi) is 11.6. The van der Waals surface area contributed by atoms with Gasteiger partial charge in [0.05, 0.1) is 6.61 Å². The van der Waals surface area contributed by atoms with E-state index in [1.54, 1.807) is 38.1 Å². The molecule has 0 saturated carbocycles. The maximum atomic E-state index is 10.7. The highest BCUT2D eigenvalue weighted by atomic mass is 16.5. The van der Waals surface area contributed by atoms with Crippen LogP contribution in [0.4, 0.5) is 0 Å². The molecule has 0 atom stereocenters. The molecule has 2 amide bonds. The molecule has 28 heavy (non-hydrogen) atoms. The van der Waals surface area contributed by atoms with Gasteiger partial charge in [-0.15, -0.1) is 0 Å². The van der Waals surface area contributed by atoms with E-state index in [4.69, 9.17) is 16.2 Å². The van der Waals surface area contributed by atoms with Crippen molar-refractivity contribution in [1.29, 1.82) is 0 Å². The van der Waals surface area contributed by atoms with Gasteiger partial charge in [-0.3, -0.25) is 9.59 Å². The number of rotatable bonds is 7. The van der Waals surface area contributed by atoms with Gasteiger partial charge in [-0.05, 0) is 49.6 Å². The molecule has 0 bridgehead atoms.